The fraction of sp³-hybridized carbons (Fsp3) is 0.100. The van der Waals surface area contributed by atoms with Crippen molar-refractivity contribution in [2.45, 2.75) is 5.22 Å². The molecular weight excluding hydrogens is 228 g/mol. The van der Waals surface area contributed by atoms with Gasteiger partial charge < -0.3 is 9.52 Å². The van der Waals surface area contributed by atoms with Gasteiger partial charge in [-0.3, -0.25) is 0 Å². The highest BCUT2D eigenvalue weighted by molar-refractivity contribution is 7.98. The van der Waals surface area contributed by atoms with Crippen LogP contribution < -0.4 is 0 Å². The lowest BCUT2D eigenvalue weighted by molar-refractivity contribution is 0.0697. The summed E-state index contributed by atoms with van der Waals surface area (Å²) in [5.41, 5.74) is 0.800. The van der Waals surface area contributed by atoms with E-state index in [0.29, 0.717) is 16.7 Å². The summed E-state index contributed by atoms with van der Waals surface area (Å²) in [6, 6.07) is 6.38. The summed E-state index contributed by atoms with van der Waals surface area (Å²) in [6.07, 6.45) is 1.82. The van der Waals surface area contributed by atoms with Crippen molar-refractivity contribution < 1.29 is 14.3 Å². The molecule has 1 aromatic carbocycles. The molecule has 5 nitrogen and oxygen atoms in total. The second-order valence-corrected chi connectivity index (χ2v) is 3.72. The molecule has 0 aliphatic heterocycles. The first kappa shape index (κ1) is 10.7. The lowest BCUT2D eigenvalue weighted by Gasteiger charge is -1.96. The second kappa shape index (κ2) is 4.36. The Labute approximate surface area is 95.5 Å². The number of benzene rings is 1. The number of carbonyl (C=O) groups is 1. The predicted octanol–water partition coefficient (Wildman–Crippen LogP) is 2.16. The Morgan fingerprint density at radius 1 is 1.44 bits per heavy atom. The first-order valence-corrected chi connectivity index (χ1v) is 5.64. The smallest absolute Gasteiger partial charge is 0.335 e. The second-order valence-electron chi connectivity index (χ2n) is 2.96. The minimum atomic E-state index is -0.980. The lowest BCUT2D eigenvalue weighted by atomic mass is 10.1. The summed E-state index contributed by atoms with van der Waals surface area (Å²) in [5.74, 6) is -0.654. The van der Waals surface area contributed by atoms with Crippen molar-refractivity contribution in [1.82, 2.24) is 10.2 Å². The largest absolute Gasteiger partial charge is 0.478 e. The fourth-order valence-corrected chi connectivity index (χ4v) is 1.48. The minimum absolute atomic E-state index is 0.196. The van der Waals surface area contributed by atoms with Crippen LogP contribution in [0.5, 0.6) is 0 Å². The Morgan fingerprint density at radius 3 is 2.88 bits per heavy atom. The zero-order chi connectivity index (χ0) is 11.5. The predicted molar refractivity (Wildman–Crippen MR) is 58.5 cm³/mol. The summed E-state index contributed by atoms with van der Waals surface area (Å²) in [4.78, 5) is 10.8. The van der Waals surface area contributed by atoms with E-state index in [9.17, 15) is 4.79 Å². The highest BCUT2D eigenvalue weighted by Gasteiger charge is 2.10. The molecule has 0 amide bonds. The summed E-state index contributed by atoms with van der Waals surface area (Å²) in [7, 11) is 0. The van der Waals surface area contributed by atoms with Gasteiger partial charge in [0.1, 0.15) is 0 Å². The van der Waals surface area contributed by atoms with Crippen LogP contribution in [0.1, 0.15) is 10.4 Å². The molecule has 0 atom stereocenters. The Balaban J connectivity index is 2.40. The Morgan fingerprint density at radius 2 is 2.25 bits per heavy atom. The molecule has 0 aliphatic rings. The van der Waals surface area contributed by atoms with Crippen molar-refractivity contribution in [3.63, 3.8) is 0 Å². The molecule has 0 unspecified atom stereocenters. The molecule has 0 saturated carbocycles. The van der Waals surface area contributed by atoms with Gasteiger partial charge in [0.15, 0.2) is 0 Å². The molecule has 16 heavy (non-hydrogen) atoms. The maximum Gasteiger partial charge on any atom is 0.335 e. The van der Waals surface area contributed by atoms with Gasteiger partial charge in [0.05, 0.1) is 5.56 Å². The van der Waals surface area contributed by atoms with Gasteiger partial charge in [-0.2, -0.15) is 0 Å². The Bertz CT molecular complexity index is 524. The number of hydrogen-bond donors (Lipinski definition) is 1. The molecule has 0 fully saturated rings. The SMILES string of the molecule is CSc1nnc(-c2cccc(C(=O)O)c2)o1. The van der Waals surface area contributed by atoms with Crippen LogP contribution in [0.25, 0.3) is 11.5 Å². The summed E-state index contributed by atoms with van der Waals surface area (Å²) in [6.45, 7) is 0. The zero-order valence-electron chi connectivity index (χ0n) is 8.38. The van der Waals surface area contributed by atoms with Crippen molar-refractivity contribution in [3.8, 4) is 11.5 Å². The molecule has 0 saturated heterocycles. The van der Waals surface area contributed by atoms with Crippen LogP contribution in [-0.4, -0.2) is 27.5 Å². The average molecular weight is 236 g/mol. The van der Waals surface area contributed by atoms with E-state index < -0.39 is 5.97 Å². The lowest BCUT2D eigenvalue weighted by Crippen LogP contribution is -1.95. The number of carboxylic acids is 1. The quantitative estimate of drug-likeness (QED) is 0.823. The van der Waals surface area contributed by atoms with Gasteiger partial charge in [-0.15, -0.1) is 10.2 Å². The number of carboxylic acid groups (broad SMARTS) is 1. The first-order valence-electron chi connectivity index (χ1n) is 4.42. The number of nitrogens with zero attached hydrogens (tertiary/aromatic N) is 2. The molecule has 0 spiro atoms. The van der Waals surface area contributed by atoms with Gasteiger partial charge in [-0.05, 0) is 24.5 Å². The van der Waals surface area contributed by atoms with Crippen LogP contribution in [0.15, 0.2) is 33.9 Å². The number of hydrogen-bond acceptors (Lipinski definition) is 5. The van der Waals surface area contributed by atoms with Gasteiger partial charge in [-0.25, -0.2) is 4.79 Å². The topological polar surface area (TPSA) is 76.2 Å². The van der Waals surface area contributed by atoms with E-state index in [2.05, 4.69) is 10.2 Å². The molecule has 1 aromatic heterocycles. The van der Waals surface area contributed by atoms with E-state index in [0.717, 1.165) is 0 Å². The third-order valence-electron chi connectivity index (χ3n) is 1.94. The van der Waals surface area contributed by atoms with Crippen molar-refractivity contribution in [2.75, 3.05) is 6.26 Å². The van der Waals surface area contributed by atoms with E-state index in [4.69, 9.17) is 9.52 Å². The van der Waals surface area contributed by atoms with Gasteiger partial charge in [-0.1, -0.05) is 17.8 Å². The summed E-state index contributed by atoms with van der Waals surface area (Å²) in [5, 5.41) is 16.9. The van der Waals surface area contributed by atoms with Gasteiger partial charge in [0.2, 0.25) is 5.89 Å². The van der Waals surface area contributed by atoms with Crippen LogP contribution >= 0.6 is 11.8 Å². The highest BCUT2D eigenvalue weighted by Crippen LogP contribution is 2.22. The van der Waals surface area contributed by atoms with E-state index in [1.165, 1.54) is 23.9 Å². The van der Waals surface area contributed by atoms with Gasteiger partial charge in [0, 0.05) is 5.56 Å². The molecular formula is C10H8N2O3S. The standard InChI is InChI=1S/C10H8N2O3S/c1-16-10-12-11-8(15-10)6-3-2-4-7(5-6)9(13)14/h2-5H,1H3,(H,13,14). The summed E-state index contributed by atoms with van der Waals surface area (Å²) >= 11 is 1.34. The van der Waals surface area contributed by atoms with Crippen molar-refractivity contribution >= 4 is 17.7 Å². The summed E-state index contributed by atoms with van der Waals surface area (Å²) < 4.78 is 5.30. The van der Waals surface area contributed by atoms with Gasteiger partial charge >= 0.3 is 5.97 Å². The highest BCUT2D eigenvalue weighted by atomic mass is 32.2. The molecule has 0 aliphatic carbocycles. The molecule has 1 heterocycles. The maximum atomic E-state index is 10.8. The zero-order valence-corrected chi connectivity index (χ0v) is 9.19. The van der Waals surface area contributed by atoms with E-state index in [1.807, 2.05) is 6.26 Å². The molecule has 0 radical (unpaired) electrons. The van der Waals surface area contributed by atoms with Crippen LogP contribution in [-0.2, 0) is 0 Å². The maximum absolute atomic E-state index is 10.8. The number of aromatic nitrogens is 2. The van der Waals surface area contributed by atoms with Crippen LogP contribution in [0.3, 0.4) is 0 Å². The van der Waals surface area contributed by atoms with Crippen molar-refractivity contribution in [1.29, 1.82) is 0 Å². The van der Waals surface area contributed by atoms with Crippen LogP contribution in [0.4, 0.5) is 0 Å². The molecule has 6 heteroatoms. The average Bonchev–Trinajstić information content (AvgIpc) is 2.77. The minimum Gasteiger partial charge on any atom is -0.478 e. The Hall–Kier alpha value is -1.82. The van der Waals surface area contributed by atoms with Crippen molar-refractivity contribution in [2.24, 2.45) is 0 Å². The fourth-order valence-electron chi connectivity index (χ4n) is 1.19. The van der Waals surface area contributed by atoms with Crippen molar-refractivity contribution in [3.05, 3.63) is 29.8 Å². The van der Waals surface area contributed by atoms with Crippen LogP contribution in [0.2, 0.25) is 0 Å². The number of thioether (sulfide) groups is 1. The van der Waals surface area contributed by atoms with E-state index in [-0.39, 0.29) is 5.56 Å². The van der Waals surface area contributed by atoms with Crippen LogP contribution in [0, 0.1) is 0 Å². The third-order valence-corrected chi connectivity index (χ3v) is 2.45. The number of aromatic carboxylic acids is 1. The number of rotatable bonds is 3. The van der Waals surface area contributed by atoms with E-state index >= 15 is 0 Å². The van der Waals surface area contributed by atoms with E-state index in [1.54, 1.807) is 12.1 Å². The van der Waals surface area contributed by atoms with Gasteiger partial charge in [0.25, 0.3) is 5.22 Å². The first-order chi connectivity index (χ1) is 7.70. The molecule has 2 aromatic rings. The monoisotopic (exact) mass is 236 g/mol. The molecule has 0 bridgehead atoms. The molecule has 2 rings (SSSR count). The molecule has 1 N–H and O–H groups in total. The molecule has 82 valence electrons. The Kier molecular flexibility index (Phi) is 2.91. The normalized spacial score (nSPS) is 10.3. The third kappa shape index (κ3) is 2.06.